The van der Waals surface area contributed by atoms with Crippen molar-refractivity contribution in [2.75, 3.05) is 13.1 Å². The van der Waals surface area contributed by atoms with Crippen LogP contribution in [0.4, 0.5) is 4.39 Å². The van der Waals surface area contributed by atoms with Crippen LogP contribution in [0.15, 0.2) is 34.0 Å². The summed E-state index contributed by atoms with van der Waals surface area (Å²) >= 11 is 0. The number of piperidine rings is 1. The van der Waals surface area contributed by atoms with E-state index >= 15 is 0 Å². The van der Waals surface area contributed by atoms with E-state index < -0.39 is 21.9 Å². The maximum Gasteiger partial charge on any atom is 0.255 e. The van der Waals surface area contributed by atoms with Gasteiger partial charge in [-0.05, 0) is 51.0 Å². The zero-order chi connectivity index (χ0) is 21.5. The monoisotopic (exact) mass is 434 g/mol. The number of halogens is 1. The van der Waals surface area contributed by atoms with Crippen LogP contribution in [0.25, 0.3) is 0 Å². The summed E-state index contributed by atoms with van der Waals surface area (Å²) in [4.78, 5) is 22.7. The molecule has 1 saturated heterocycles. The van der Waals surface area contributed by atoms with Gasteiger partial charge in [0.1, 0.15) is 11.6 Å². The molecule has 30 heavy (non-hydrogen) atoms. The molecular formula is C21H27FN4O3S. The Morgan fingerprint density at radius 1 is 1.17 bits per heavy atom. The summed E-state index contributed by atoms with van der Waals surface area (Å²) in [5, 5.41) is 0. The molecule has 1 aromatic heterocycles. The topological polar surface area (TPSA) is 86.4 Å². The predicted octanol–water partition coefficient (Wildman–Crippen LogP) is 2.59. The first-order chi connectivity index (χ1) is 14.3. The van der Waals surface area contributed by atoms with Gasteiger partial charge in [0, 0.05) is 32.1 Å². The van der Waals surface area contributed by atoms with E-state index in [9.17, 15) is 17.6 Å². The van der Waals surface area contributed by atoms with Crippen molar-refractivity contribution in [2.24, 2.45) is 0 Å². The maximum absolute atomic E-state index is 13.3. The van der Waals surface area contributed by atoms with Crippen LogP contribution in [0, 0.1) is 5.82 Å². The first kappa shape index (κ1) is 21.1. The number of hydrogen-bond acceptors (Lipinski definition) is 5. The number of aromatic nitrogens is 2. The molecule has 2 aliphatic rings. The molecule has 1 aromatic carbocycles. The summed E-state index contributed by atoms with van der Waals surface area (Å²) in [6.07, 6.45) is 2.83. The standard InChI is InChI=1S/C21H27FN4O3S/c1-14(2)25-12-10-18-17(13-25)21(27)24-20(23-18)19-5-3-4-11-26(19)30(28,29)16-8-6-15(22)7-9-16/h6-9,14,19H,3-5,10-13H2,1-2H3,(H,23,24,27)/t19-/m0/s1. The Morgan fingerprint density at radius 2 is 1.90 bits per heavy atom. The van der Waals surface area contributed by atoms with E-state index in [0.717, 1.165) is 37.2 Å². The number of fused-ring (bicyclic) bond motifs is 1. The van der Waals surface area contributed by atoms with Crippen LogP contribution in [0.2, 0.25) is 0 Å². The highest BCUT2D eigenvalue weighted by molar-refractivity contribution is 7.89. The minimum atomic E-state index is -3.83. The van der Waals surface area contributed by atoms with E-state index in [1.165, 1.54) is 16.4 Å². The molecule has 4 rings (SSSR count). The zero-order valence-corrected chi connectivity index (χ0v) is 18.1. The lowest BCUT2D eigenvalue weighted by molar-refractivity contribution is 0.198. The number of nitrogens with zero attached hydrogens (tertiary/aromatic N) is 3. The largest absolute Gasteiger partial charge is 0.309 e. The Bertz CT molecular complexity index is 1080. The third-order valence-electron chi connectivity index (χ3n) is 6.04. The molecule has 2 aliphatic heterocycles. The van der Waals surface area contributed by atoms with Crippen molar-refractivity contribution < 1.29 is 12.8 Å². The Labute approximate surface area is 176 Å². The van der Waals surface area contributed by atoms with Crippen LogP contribution in [0.1, 0.15) is 56.2 Å². The second-order valence-corrected chi connectivity index (χ2v) is 10.2. The first-order valence-electron chi connectivity index (χ1n) is 10.4. The van der Waals surface area contributed by atoms with Crippen LogP contribution < -0.4 is 5.56 Å². The van der Waals surface area contributed by atoms with Gasteiger partial charge in [-0.1, -0.05) is 6.42 Å². The third-order valence-corrected chi connectivity index (χ3v) is 7.96. The average molecular weight is 435 g/mol. The molecule has 2 aromatic rings. The van der Waals surface area contributed by atoms with Crippen molar-refractivity contribution in [2.45, 2.75) is 63.1 Å². The van der Waals surface area contributed by atoms with Gasteiger partial charge in [-0.3, -0.25) is 9.69 Å². The lowest BCUT2D eigenvalue weighted by Crippen LogP contribution is -2.42. The molecule has 7 nitrogen and oxygen atoms in total. The lowest BCUT2D eigenvalue weighted by Gasteiger charge is -2.35. The summed E-state index contributed by atoms with van der Waals surface area (Å²) in [5.41, 5.74) is 1.24. The van der Waals surface area contributed by atoms with Gasteiger partial charge < -0.3 is 4.98 Å². The smallest absolute Gasteiger partial charge is 0.255 e. The number of aromatic amines is 1. The SMILES string of the molecule is CC(C)N1CCc2nc([C@@H]3CCCCN3S(=O)(=O)c3ccc(F)cc3)[nH]c(=O)c2C1. The summed E-state index contributed by atoms with van der Waals surface area (Å²) in [6.45, 7) is 5.91. The van der Waals surface area contributed by atoms with Gasteiger partial charge in [0.2, 0.25) is 10.0 Å². The summed E-state index contributed by atoms with van der Waals surface area (Å²) in [5.74, 6) is -0.0811. The Balaban J connectivity index is 1.69. The number of rotatable bonds is 4. The van der Waals surface area contributed by atoms with Crippen molar-refractivity contribution in [3.8, 4) is 0 Å². The molecule has 9 heteroatoms. The highest BCUT2D eigenvalue weighted by Crippen LogP contribution is 2.34. The molecular weight excluding hydrogens is 407 g/mol. The molecule has 0 spiro atoms. The van der Waals surface area contributed by atoms with Crippen molar-refractivity contribution in [3.63, 3.8) is 0 Å². The van der Waals surface area contributed by atoms with Gasteiger partial charge in [-0.25, -0.2) is 17.8 Å². The normalized spacial score (nSPS) is 21.0. The molecule has 0 bridgehead atoms. The Morgan fingerprint density at radius 3 is 2.60 bits per heavy atom. The van der Waals surface area contributed by atoms with E-state index in [-0.39, 0.29) is 10.5 Å². The van der Waals surface area contributed by atoms with Crippen LogP contribution in [-0.2, 0) is 23.0 Å². The van der Waals surface area contributed by atoms with Crippen LogP contribution >= 0.6 is 0 Å². The minimum absolute atomic E-state index is 0.0451. The van der Waals surface area contributed by atoms with Gasteiger partial charge in [0.25, 0.3) is 5.56 Å². The first-order valence-corrected chi connectivity index (χ1v) is 11.8. The van der Waals surface area contributed by atoms with Crippen LogP contribution in [0.5, 0.6) is 0 Å². The van der Waals surface area contributed by atoms with Crippen molar-refractivity contribution >= 4 is 10.0 Å². The quantitative estimate of drug-likeness (QED) is 0.799. The van der Waals surface area contributed by atoms with Gasteiger partial charge in [0.15, 0.2) is 0 Å². The van der Waals surface area contributed by atoms with E-state index in [2.05, 4.69) is 23.7 Å². The molecule has 0 saturated carbocycles. The molecule has 0 aliphatic carbocycles. The van der Waals surface area contributed by atoms with Gasteiger partial charge in [0.05, 0.1) is 22.2 Å². The zero-order valence-electron chi connectivity index (χ0n) is 17.3. The molecule has 0 amide bonds. The number of nitrogens with one attached hydrogen (secondary N) is 1. The second kappa shape index (κ2) is 8.20. The highest BCUT2D eigenvalue weighted by Gasteiger charge is 2.36. The van der Waals surface area contributed by atoms with Crippen molar-refractivity contribution in [1.82, 2.24) is 19.2 Å². The molecule has 1 atom stereocenters. The van der Waals surface area contributed by atoms with Crippen LogP contribution in [-0.4, -0.2) is 46.7 Å². The number of H-pyrrole nitrogens is 1. The summed E-state index contributed by atoms with van der Waals surface area (Å²) < 4.78 is 41.2. The Kier molecular flexibility index (Phi) is 5.78. The fourth-order valence-electron chi connectivity index (χ4n) is 4.27. The molecule has 1 fully saturated rings. The predicted molar refractivity (Wildman–Crippen MR) is 111 cm³/mol. The average Bonchev–Trinajstić information content (AvgIpc) is 2.73. The number of sulfonamides is 1. The van der Waals surface area contributed by atoms with Gasteiger partial charge >= 0.3 is 0 Å². The molecule has 1 N–H and O–H groups in total. The fourth-order valence-corrected chi connectivity index (χ4v) is 5.93. The molecule has 3 heterocycles. The van der Waals surface area contributed by atoms with Gasteiger partial charge in [-0.2, -0.15) is 4.31 Å². The summed E-state index contributed by atoms with van der Waals surface area (Å²) in [7, 11) is -3.83. The molecule has 0 unspecified atom stereocenters. The second-order valence-electron chi connectivity index (χ2n) is 8.27. The minimum Gasteiger partial charge on any atom is -0.309 e. The maximum atomic E-state index is 13.3. The summed E-state index contributed by atoms with van der Waals surface area (Å²) in [6, 6.07) is 4.65. The number of benzene rings is 1. The molecule has 0 radical (unpaired) electrons. The highest BCUT2D eigenvalue weighted by atomic mass is 32.2. The lowest BCUT2D eigenvalue weighted by atomic mass is 10.0. The fraction of sp³-hybridized carbons (Fsp3) is 0.524. The Hall–Kier alpha value is -2.10. The van der Waals surface area contributed by atoms with Crippen LogP contribution in [0.3, 0.4) is 0 Å². The van der Waals surface area contributed by atoms with Crippen molar-refractivity contribution in [3.05, 3.63) is 57.5 Å². The van der Waals surface area contributed by atoms with E-state index in [4.69, 9.17) is 4.98 Å². The van der Waals surface area contributed by atoms with Gasteiger partial charge in [-0.15, -0.1) is 0 Å². The van der Waals surface area contributed by atoms with Crippen molar-refractivity contribution in [1.29, 1.82) is 0 Å². The van der Waals surface area contributed by atoms with E-state index in [1.807, 2.05) is 0 Å². The van der Waals surface area contributed by atoms with E-state index in [0.29, 0.717) is 43.4 Å². The molecule has 162 valence electrons. The third kappa shape index (κ3) is 3.93. The number of hydrogen-bond donors (Lipinski definition) is 1. The van der Waals surface area contributed by atoms with E-state index in [1.54, 1.807) is 0 Å².